The second kappa shape index (κ2) is 3.03. The number of hydrogen-bond acceptors (Lipinski definition) is 4. The number of aromatic nitrogens is 3. The van der Waals surface area contributed by atoms with E-state index in [-0.39, 0.29) is 0 Å². The van der Waals surface area contributed by atoms with Crippen LogP contribution in [0.5, 0.6) is 0 Å². The SMILES string of the molecule is NCC1Cn2c(nnc2C2CC2)CN1. The van der Waals surface area contributed by atoms with Gasteiger partial charge in [-0.25, -0.2) is 0 Å². The fourth-order valence-electron chi connectivity index (χ4n) is 2.00. The fraction of sp³-hybridized carbons (Fsp3) is 0.778. The average molecular weight is 193 g/mol. The van der Waals surface area contributed by atoms with Gasteiger partial charge in [-0.05, 0) is 12.8 Å². The van der Waals surface area contributed by atoms with Crippen molar-refractivity contribution in [1.29, 1.82) is 0 Å². The lowest BCUT2D eigenvalue weighted by Gasteiger charge is -2.24. The zero-order valence-electron chi connectivity index (χ0n) is 8.11. The minimum atomic E-state index is 0.385. The highest BCUT2D eigenvalue weighted by Gasteiger charge is 2.32. The van der Waals surface area contributed by atoms with Crippen LogP contribution in [0.4, 0.5) is 0 Å². The average Bonchev–Trinajstić information content (AvgIpc) is 2.98. The molecule has 14 heavy (non-hydrogen) atoms. The number of hydrogen-bond donors (Lipinski definition) is 2. The molecule has 76 valence electrons. The Balaban J connectivity index is 1.91. The Morgan fingerprint density at radius 2 is 2.29 bits per heavy atom. The van der Waals surface area contributed by atoms with Gasteiger partial charge >= 0.3 is 0 Å². The molecule has 0 spiro atoms. The second-order valence-electron chi connectivity index (χ2n) is 4.17. The number of nitrogens with one attached hydrogen (secondary N) is 1. The molecule has 3 rings (SSSR count). The number of fused-ring (bicyclic) bond motifs is 1. The van der Waals surface area contributed by atoms with Crippen molar-refractivity contribution < 1.29 is 0 Å². The van der Waals surface area contributed by atoms with Crippen molar-refractivity contribution in [2.45, 2.75) is 37.9 Å². The lowest BCUT2D eigenvalue weighted by Crippen LogP contribution is -2.44. The van der Waals surface area contributed by atoms with Crippen molar-refractivity contribution in [3.63, 3.8) is 0 Å². The molecule has 5 nitrogen and oxygen atoms in total. The molecular formula is C9H15N5. The van der Waals surface area contributed by atoms with Gasteiger partial charge in [0.25, 0.3) is 0 Å². The molecular weight excluding hydrogens is 178 g/mol. The lowest BCUT2D eigenvalue weighted by molar-refractivity contribution is 0.386. The first kappa shape index (κ1) is 8.38. The van der Waals surface area contributed by atoms with E-state index in [0.717, 1.165) is 18.9 Å². The lowest BCUT2D eigenvalue weighted by atomic mass is 10.2. The molecule has 0 amide bonds. The molecule has 0 aromatic carbocycles. The molecule has 3 N–H and O–H groups in total. The van der Waals surface area contributed by atoms with Crippen molar-refractivity contribution in [2.75, 3.05) is 6.54 Å². The third-order valence-corrected chi connectivity index (χ3v) is 3.03. The van der Waals surface area contributed by atoms with E-state index in [4.69, 9.17) is 5.73 Å². The van der Waals surface area contributed by atoms with Crippen LogP contribution < -0.4 is 11.1 Å². The van der Waals surface area contributed by atoms with Crippen LogP contribution in [-0.2, 0) is 13.1 Å². The third-order valence-electron chi connectivity index (χ3n) is 3.03. The van der Waals surface area contributed by atoms with Gasteiger partial charge in [-0.1, -0.05) is 0 Å². The van der Waals surface area contributed by atoms with Gasteiger partial charge in [-0.3, -0.25) is 0 Å². The van der Waals surface area contributed by atoms with Gasteiger partial charge in [0.05, 0.1) is 6.54 Å². The first-order valence-electron chi connectivity index (χ1n) is 5.24. The Bertz CT molecular complexity index is 341. The summed E-state index contributed by atoms with van der Waals surface area (Å²) in [6.45, 7) is 2.42. The minimum absolute atomic E-state index is 0.385. The van der Waals surface area contributed by atoms with Gasteiger partial charge in [0, 0.05) is 25.0 Å². The van der Waals surface area contributed by atoms with E-state index in [1.165, 1.54) is 18.7 Å². The van der Waals surface area contributed by atoms with Crippen molar-refractivity contribution in [3.8, 4) is 0 Å². The van der Waals surface area contributed by atoms with Crippen LogP contribution in [0.1, 0.15) is 30.4 Å². The summed E-state index contributed by atoms with van der Waals surface area (Å²) < 4.78 is 2.26. The summed E-state index contributed by atoms with van der Waals surface area (Å²) in [4.78, 5) is 0. The number of nitrogens with zero attached hydrogens (tertiary/aromatic N) is 3. The monoisotopic (exact) mass is 193 g/mol. The van der Waals surface area contributed by atoms with Crippen LogP contribution in [0.25, 0.3) is 0 Å². The first-order valence-corrected chi connectivity index (χ1v) is 5.24. The molecule has 1 aromatic heterocycles. The van der Waals surface area contributed by atoms with Gasteiger partial charge in [-0.2, -0.15) is 0 Å². The Labute approximate surface area is 82.7 Å². The molecule has 1 atom stereocenters. The van der Waals surface area contributed by atoms with Crippen LogP contribution in [0, 0.1) is 0 Å². The predicted molar refractivity (Wildman–Crippen MR) is 51.7 cm³/mol. The highest BCUT2D eigenvalue weighted by atomic mass is 15.3. The Morgan fingerprint density at radius 1 is 1.43 bits per heavy atom. The van der Waals surface area contributed by atoms with Crippen LogP contribution in [0.2, 0.25) is 0 Å². The maximum Gasteiger partial charge on any atom is 0.147 e. The normalized spacial score (nSPS) is 26.2. The van der Waals surface area contributed by atoms with E-state index in [9.17, 15) is 0 Å². The molecule has 1 aliphatic heterocycles. The molecule has 0 bridgehead atoms. The van der Waals surface area contributed by atoms with Gasteiger partial charge < -0.3 is 15.6 Å². The fourth-order valence-corrected chi connectivity index (χ4v) is 2.00. The summed E-state index contributed by atoms with van der Waals surface area (Å²) >= 11 is 0. The first-order chi connectivity index (χ1) is 6.88. The van der Waals surface area contributed by atoms with E-state index in [1.807, 2.05) is 0 Å². The van der Waals surface area contributed by atoms with Gasteiger partial charge in [0.1, 0.15) is 11.6 Å². The second-order valence-corrected chi connectivity index (χ2v) is 4.17. The van der Waals surface area contributed by atoms with Gasteiger partial charge in [0.2, 0.25) is 0 Å². The molecule has 1 fully saturated rings. The summed E-state index contributed by atoms with van der Waals surface area (Å²) in [6, 6.07) is 0.385. The summed E-state index contributed by atoms with van der Waals surface area (Å²) in [5.74, 6) is 2.92. The Morgan fingerprint density at radius 3 is 3.00 bits per heavy atom. The van der Waals surface area contributed by atoms with Crippen molar-refractivity contribution in [1.82, 2.24) is 20.1 Å². The zero-order chi connectivity index (χ0) is 9.54. The van der Waals surface area contributed by atoms with Crippen molar-refractivity contribution in [2.24, 2.45) is 5.73 Å². The molecule has 5 heteroatoms. The largest absolute Gasteiger partial charge is 0.329 e. The van der Waals surface area contributed by atoms with Crippen LogP contribution >= 0.6 is 0 Å². The smallest absolute Gasteiger partial charge is 0.147 e. The molecule has 1 aliphatic carbocycles. The summed E-state index contributed by atoms with van der Waals surface area (Å²) in [5, 5.41) is 11.8. The number of nitrogens with two attached hydrogens (primary N) is 1. The minimum Gasteiger partial charge on any atom is -0.329 e. The van der Waals surface area contributed by atoms with Gasteiger partial charge in [-0.15, -0.1) is 10.2 Å². The number of rotatable bonds is 2. The Kier molecular flexibility index (Phi) is 1.81. The van der Waals surface area contributed by atoms with Gasteiger partial charge in [0.15, 0.2) is 0 Å². The summed E-state index contributed by atoms with van der Waals surface area (Å²) in [6.07, 6.45) is 2.55. The molecule has 2 heterocycles. The summed E-state index contributed by atoms with van der Waals surface area (Å²) in [5.41, 5.74) is 5.65. The maximum atomic E-state index is 5.65. The van der Waals surface area contributed by atoms with E-state index in [2.05, 4.69) is 20.1 Å². The van der Waals surface area contributed by atoms with E-state index < -0.39 is 0 Å². The standard InChI is InChI=1S/C9H15N5/c10-3-7-5-14-8(4-11-7)12-13-9(14)6-1-2-6/h6-7,11H,1-5,10H2. The third kappa shape index (κ3) is 1.24. The summed E-state index contributed by atoms with van der Waals surface area (Å²) in [7, 11) is 0. The molecule has 0 saturated heterocycles. The van der Waals surface area contributed by atoms with Crippen molar-refractivity contribution >= 4 is 0 Å². The predicted octanol–water partition coefficient (Wildman–Crippen LogP) is -0.414. The Hall–Kier alpha value is -0.940. The van der Waals surface area contributed by atoms with E-state index in [1.54, 1.807) is 0 Å². The quantitative estimate of drug-likeness (QED) is 0.669. The molecule has 2 aliphatic rings. The van der Waals surface area contributed by atoms with Crippen molar-refractivity contribution in [3.05, 3.63) is 11.6 Å². The zero-order valence-corrected chi connectivity index (χ0v) is 8.11. The van der Waals surface area contributed by atoms with Crippen LogP contribution in [0.15, 0.2) is 0 Å². The topological polar surface area (TPSA) is 68.8 Å². The van der Waals surface area contributed by atoms with Crippen LogP contribution in [-0.4, -0.2) is 27.4 Å². The molecule has 1 unspecified atom stereocenters. The molecule has 1 saturated carbocycles. The molecule has 1 aromatic rings. The highest BCUT2D eigenvalue weighted by Crippen LogP contribution is 2.39. The van der Waals surface area contributed by atoms with E-state index in [0.29, 0.717) is 18.5 Å². The van der Waals surface area contributed by atoms with Crippen LogP contribution in [0.3, 0.4) is 0 Å². The maximum absolute atomic E-state index is 5.65. The van der Waals surface area contributed by atoms with E-state index >= 15 is 0 Å². The highest BCUT2D eigenvalue weighted by molar-refractivity contribution is 5.10. The molecule has 0 radical (unpaired) electrons.